The minimum Gasteiger partial charge on any atom is -0.478 e. The van der Waals surface area contributed by atoms with Crippen LogP contribution < -0.4 is 0 Å². The lowest BCUT2D eigenvalue weighted by Crippen LogP contribution is -2.44. The van der Waals surface area contributed by atoms with E-state index in [9.17, 15) is 25.2 Å². The van der Waals surface area contributed by atoms with Crippen molar-refractivity contribution >= 4 is 5.97 Å². The highest BCUT2D eigenvalue weighted by molar-refractivity contribution is 5.88. The van der Waals surface area contributed by atoms with E-state index in [-0.39, 0.29) is 36.5 Å². The van der Waals surface area contributed by atoms with Crippen molar-refractivity contribution in [2.45, 2.75) is 32.3 Å². The fourth-order valence-electron chi connectivity index (χ4n) is 5.45. The molecular formula is C15H22O5. The van der Waals surface area contributed by atoms with Crippen LogP contribution in [-0.4, -0.2) is 45.7 Å². The van der Waals surface area contributed by atoms with Crippen molar-refractivity contribution in [2.24, 2.45) is 28.6 Å². The van der Waals surface area contributed by atoms with Crippen LogP contribution in [0.2, 0.25) is 0 Å². The molecule has 0 heterocycles. The number of aliphatic carboxylic acids is 1. The van der Waals surface area contributed by atoms with Crippen LogP contribution in [0.3, 0.4) is 0 Å². The molecule has 0 saturated heterocycles. The number of carbonyl (C=O) groups is 1. The van der Waals surface area contributed by atoms with Crippen LogP contribution >= 0.6 is 0 Å². The third-order valence-corrected chi connectivity index (χ3v) is 6.43. The lowest BCUT2D eigenvalue weighted by molar-refractivity contribution is -0.134. The average Bonchev–Trinajstić information content (AvgIpc) is 2.88. The average molecular weight is 282 g/mol. The number of hydrogen-bond donors (Lipinski definition) is 4. The molecule has 3 rings (SSSR count). The van der Waals surface area contributed by atoms with E-state index in [2.05, 4.69) is 0 Å². The molecule has 0 unspecified atom stereocenters. The molecule has 2 saturated carbocycles. The maximum absolute atomic E-state index is 11.4. The quantitative estimate of drug-likeness (QED) is 0.600. The van der Waals surface area contributed by atoms with E-state index in [1.54, 1.807) is 0 Å². The summed E-state index contributed by atoms with van der Waals surface area (Å²) in [6.07, 6.45) is 2.83. The summed E-state index contributed by atoms with van der Waals surface area (Å²) in [6, 6.07) is 0. The van der Waals surface area contributed by atoms with Crippen molar-refractivity contribution < 1.29 is 25.2 Å². The van der Waals surface area contributed by atoms with Gasteiger partial charge in [0.25, 0.3) is 0 Å². The predicted octanol–water partition coefficient (Wildman–Crippen LogP) is 0.395. The van der Waals surface area contributed by atoms with Gasteiger partial charge in [-0.1, -0.05) is 6.92 Å². The minimum absolute atomic E-state index is 0.00929. The molecule has 3 aliphatic carbocycles. The van der Waals surface area contributed by atoms with Crippen LogP contribution in [0.4, 0.5) is 0 Å². The molecule has 5 nitrogen and oxygen atoms in total. The second-order valence-corrected chi connectivity index (χ2v) is 6.91. The highest BCUT2D eigenvalue weighted by atomic mass is 16.4. The molecule has 0 radical (unpaired) electrons. The lowest BCUT2D eigenvalue weighted by atomic mass is 9.66. The Balaban J connectivity index is 2.15. The zero-order valence-corrected chi connectivity index (χ0v) is 11.6. The molecule has 112 valence electrons. The minimum atomic E-state index is -1.01. The van der Waals surface area contributed by atoms with Crippen LogP contribution in [0.1, 0.15) is 26.2 Å². The maximum Gasteiger partial charge on any atom is 0.331 e. The van der Waals surface area contributed by atoms with Crippen molar-refractivity contribution in [3.63, 3.8) is 0 Å². The van der Waals surface area contributed by atoms with E-state index in [0.717, 1.165) is 12.8 Å². The largest absolute Gasteiger partial charge is 0.478 e. The molecule has 5 heteroatoms. The Morgan fingerprint density at radius 1 is 1.40 bits per heavy atom. The van der Waals surface area contributed by atoms with Gasteiger partial charge in [0, 0.05) is 29.6 Å². The van der Waals surface area contributed by atoms with Gasteiger partial charge >= 0.3 is 5.97 Å². The van der Waals surface area contributed by atoms with Crippen LogP contribution in [0.25, 0.3) is 0 Å². The van der Waals surface area contributed by atoms with Crippen molar-refractivity contribution in [2.75, 3.05) is 13.2 Å². The van der Waals surface area contributed by atoms with E-state index in [0.29, 0.717) is 6.42 Å². The second-order valence-electron chi connectivity index (χ2n) is 6.91. The molecule has 3 aliphatic rings. The summed E-state index contributed by atoms with van der Waals surface area (Å²) >= 11 is 0. The van der Waals surface area contributed by atoms with Gasteiger partial charge in [-0.15, -0.1) is 0 Å². The summed E-state index contributed by atoms with van der Waals surface area (Å²) in [4.78, 5) is 11.4. The van der Waals surface area contributed by atoms with Gasteiger partial charge in [-0.2, -0.15) is 0 Å². The Morgan fingerprint density at radius 2 is 2.10 bits per heavy atom. The fraction of sp³-hybridized carbons (Fsp3) is 0.800. The summed E-state index contributed by atoms with van der Waals surface area (Å²) in [5.74, 6) is -1.20. The summed E-state index contributed by atoms with van der Waals surface area (Å²) in [7, 11) is 0. The van der Waals surface area contributed by atoms with Crippen LogP contribution in [0.5, 0.6) is 0 Å². The number of fused-ring (bicyclic) bond motifs is 1. The highest BCUT2D eigenvalue weighted by Gasteiger charge is 2.69. The van der Waals surface area contributed by atoms with E-state index in [4.69, 9.17) is 0 Å². The predicted molar refractivity (Wildman–Crippen MR) is 70.8 cm³/mol. The summed E-state index contributed by atoms with van der Waals surface area (Å²) in [5.41, 5.74) is -0.757. The van der Waals surface area contributed by atoms with Crippen LogP contribution in [0, 0.1) is 28.6 Å². The molecular weight excluding hydrogens is 260 g/mol. The zero-order chi connectivity index (χ0) is 14.7. The van der Waals surface area contributed by atoms with Gasteiger partial charge in [-0.3, -0.25) is 0 Å². The van der Waals surface area contributed by atoms with Crippen LogP contribution in [0.15, 0.2) is 11.6 Å². The van der Waals surface area contributed by atoms with E-state index in [1.807, 2.05) is 6.92 Å². The van der Waals surface area contributed by atoms with Crippen molar-refractivity contribution in [1.82, 2.24) is 0 Å². The van der Waals surface area contributed by atoms with E-state index >= 15 is 0 Å². The topological polar surface area (TPSA) is 98.0 Å². The number of hydrogen-bond acceptors (Lipinski definition) is 4. The Kier molecular flexibility index (Phi) is 3.01. The Hall–Kier alpha value is -0.910. The van der Waals surface area contributed by atoms with Gasteiger partial charge in [0.15, 0.2) is 0 Å². The second kappa shape index (κ2) is 4.29. The first-order valence-corrected chi connectivity index (χ1v) is 7.26. The van der Waals surface area contributed by atoms with Gasteiger partial charge in [0.2, 0.25) is 0 Å². The third kappa shape index (κ3) is 1.41. The van der Waals surface area contributed by atoms with Crippen LogP contribution in [-0.2, 0) is 4.79 Å². The van der Waals surface area contributed by atoms with E-state index < -0.39 is 22.9 Å². The molecule has 0 aromatic rings. The number of aliphatic hydroxyl groups excluding tert-OH is 3. The number of rotatable bonds is 3. The van der Waals surface area contributed by atoms with E-state index in [1.165, 1.54) is 6.08 Å². The Labute approximate surface area is 117 Å². The number of carboxylic acids is 1. The highest BCUT2D eigenvalue weighted by Crippen LogP contribution is 2.71. The summed E-state index contributed by atoms with van der Waals surface area (Å²) in [6.45, 7) is 1.86. The summed E-state index contributed by atoms with van der Waals surface area (Å²) in [5, 5.41) is 39.5. The van der Waals surface area contributed by atoms with Crippen molar-refractivity contribution in [3.05, 3.63) is 11.6 Å². The normalized spacial score (nSPS) is 49.9. The fourth-order valence-corrected chi connectivity index (χ4v) is 5.45. The molecule has 0 aromatic carbocycles. The van der Waals surface area contributed by atoms with Gasteiger partial charge < -0.3 is 20.4 Å². The number of carboxylic acid groups (broad SMARTS) is 1. The molecule has 2 bridgehead atoms. The van der Waals surface area contributed by atoms with Gasteiger partial charge in [0.1, 0.15) is 0 Å². The first-order chi connectivity index (χ1) is 9.41. The Bertz CT molecular complexity index is 473. The molecule has 6 atom stereocenters. The molecule has 0 aliphatic heterocycles. The molecule has 1 spiro atoms. The Morgan fingerprint density at radius 3 is 2.65 bits per heavy atom. The van der Waals surface area contributed by atoms with Gasteiger partial charge in [-0.25, -0.2) is 4.79 Å². The van der Waals surface area contributed by atoms with Crippen molar-refractivity contribution in [3.8, 4) is 0 Å². The third-order valence-electron chi connectivity index (χ3n) is 6.43. The van der Waals surface area contributed by atoms with Gasteiger partial charge in [-0.05, 0) is 43.1 Å². The monoisotopic (exact) mass is 282 g/mol. The molecule has 0 amide bonds. The molecule has 0 aromatic heterocycles. The summed E-state index contributed by atoms with van der Waals surface area (Å²) < 4.78 is 0. The maximum atomic E-state index is 11.4. The smallest absolute Gasteiger partial charge is 0.331 e. The number of aliphatic hydroxyl groups is 3. The molecule has 20 heavy (non-hydrogen) atoms. The van der Waals surface area contributed by atoms with Crippen molar-refractivity contribution in [1.29, 1.82) is 0 Å². The van der Waals surface area contributed by atoms with Gasteiger partial charge in [0.05, 0.1) is 6.10 Å². The lowest BCUT2D eigenvalue weighted by Gasteiger charge is -2.41. The SMILES string of the molecule is C[C@@]1(CO)[C@H]2C[C@]3([C@@H](CO)CC[C@@H]13)[C@@H](O)C=C2C(=O)O. The first kappa shape index (κ1) is 14.0. The zero-order valence-electron chi connectivity index (χ0n) is 11.6. The molecule has 2 fully saturated rings. The standard InChI is InChI=1S/C15H22O5/c1-14(7-17)10-5-15(8(6-16)2-3-11(14)15)12(18)4-9(10)13(19)20/h4,8,10-12,16-18H,2-3,5-7H2,1H3,(H,19,20)/t8-,10+,11+,12+,14-,15-/m1/s1. The molecule has 4 N–H and O–H groups in total. The first-order valence-electron chi connectivity index (χ1n) is 7.26.